The highest BCUT2D eigenvalue weighted by atomic mass is 28.2. The maximum absolute atomic E-state index is 13.8. The predicted octanol–water partition coefficient (Wildman–Crippen LogP) is 3.53. The summed E-state index contributed by atoms with van der Waals surface area (Å²) in [6.07, 6.45) is 0. The maximum atomic E-state index is 13.8. The third-order valence-electron chi connectivity index (χ3n) is 3.18. The second-order valence-corrected chi connectivity index (χ2v) is 5.86. The molecule has 2 radical (unpaired) electrons. The normalized spacial score (nSPS) is 11.3. The van der Waals surface area contributed by atoms with Crippen LogP contribution in [0.1, 0.15) is 13.8 Å². The summed E-state index contributed by atoms with van der Waals surface area (Å²) in [4.78, 5) is 0. The van der Waals surface area contributed by atoms with Gasteiger partial charge in [-0.2, -0.15) is 0 Å². The van der Waals surface area contributed by atoms with Crippen LogP contribution in [0.5, 0.6) is 0 Å². The number of rotatable bonds is 8. The average molecular weight is 372 g/mol. The van der Waals surface area contributed by atoms with Crippen LogP contribution in [-0.4, -0.2) is 29.5 Å². The van der Waals surface area contributed by atoms with Crippen molar-refractivity contribution in [2.75, 3.05) is 13.2 Å². The Hall–Kier alpha value is -1.74. The quantitative estimate of drug-likeness (QED) is 0.233. The Morgan fingerprint density at radius 3 is 2.04 bits per heavy atom. The van der Waals surface area contributed by atoms with Crippen LogP contribution in [0.15, 0.2) is 30.3 Å². The maximum Gasteiger partial charge on any atom is 0.275 e. The molecule has 2 rings (SSSR count). The zero-order chi connectivity index (χ0) is 18.4. The largest absolute Gasteiger partial charge is 0.366 e. The van der Waals surface area contributed by atoms with Crippen molar-refractivity contribution < 1.29 is 31.5 Å². The summed E-state index contributed by atoms with van der Waals surface area (Å²) >= 11 is 0. The Bertz CT molecular complexity index is 704. The van der Waals surface area contributed by atoms with Gasteiger partial charge in [-0.05, 0) is 30.7 Å². The molecule has 25 heavy (non-hydrogen) atoms. The molecule has 134 valence electrons. The van der Waals surface area contributed by atoms with Crippen molar-refractivity contribution in [2.45, 2.75) is 20.3 Å². The monoisotopic (exact) mass is 372 g/mol. The molecule has 0 aromatic heterocycles. The standard InChI is InChI=1S/C17H16F4O3Si/c1-3-22-17(23-4-2)24-25-11-7-5-10(6-8-11)12-9-13(18)15(20)16(21)14(12)19/h5-9,17H,3-4H2,1-2H3. The molecule has 0 saturated heterocycles. The predicted molar refractivity (Wildman–Crippen MR) is 85.2 cm³/mol. The summed E-state index contributed by atoms with van der Waals surface area (Å²) in [5, 5.41) is 0.747. The summed E-state index contributed by atoms with van der Waals surface area (Å²) < 4.78 is 69.4. The lowest BCUT2D eigenvalue weighted by atomic mass is 10.0. The van der Waals surface area contributed by atoms with E-state index >= 15 is 0 Å². The van der Waals surface area contributed by atoms with E-state index in [2.05, 4.69) is 0 Å². The zero-order valence-electron chi connectivity index (χ0n) is 13.6. The van der Waals surface area contributed by atoms with E-state index in [1.54, 1.807) is 12.1 Å². The lowest BCUT2D eigenvalue weighted by Crippen LogP contribution is -2.28. The SMILES string of the molecule is CCOC(OCC)O[Si]c1ccc(-c2cc(F)c(F)c(F)c2F)cc1. The Morgan fingerprint density at radius 2 is 1.48 bits per heavy atom. The highest BCUT2D eigenvalue weighted by Gasteiger charge is 2.19. The summed E-state index contributed by atoms with van der Waals surface area (Å²) in [6.45, 7) is 3.68. The summed E-state index contributed by atoms with van der Waals surface area (Å²) in [5.74, 6) is -6.54. The van der Waals surface area contributed by atoms with Crippen molar-refractivity contribution in [3.63, 3.8) is 0 Å². The van der Waals surface area contributed by atoms with Crippen molar-refractivity contribution in [1.29, 1.82) is 0 Å². The molecule has 0 aliphatic rings. The van der Waals surface area contributed by atoms with E-state index in [1.165, 1.54) is 12.1 Å². The van der Waals surface area contributed by atoms with Gasteiger partial charge >= 0.3 is 0 Å². The fourth-order valence-corrected chi connectivity index (χ4v) is 2.68. The number of ether oxygens (including phenoxy) is 2. The minimum Gasteiger partial charge on any atom is -0.366 e. The lowest BCUT2D eigenvalue weighted by Gasteiger charge is -2.16. The van der Waals surface area contributed by atoms with Gasteiger partial charge in [0.1, 0.15) is 0 Å². The first kappa shape index (κ1) is 19.6. The molecule has 2 aromatic rings. The van der Waals surface area contributed by atoms with Crippen molar-refractivity contribution in [3.8, 4) is 11.1 Å². The number of halogens is 4. The molecule has 0 atom stereocenters. The smallest absolute Gasteiger partial charge is 0.275 e. The molecule has 0 saturated carbocycles. The van der Waals surface area contributed by atoms with Crippen LogP contribution in [0.3, 0.4) is 0 Å². The molecule has 2 aromatic carbocycles. The van der Waals surface area contributed by atoms with Gasteiger partial charge in [0, 0.05) is 18.8 Å². The number of benzene rings is 2. The van der Waals surface area contributed by atoms with Gasteiger partial charge in [0.15, 0.2) is 23.3 Å². The summed E-state index contributed by atoms with van der Waals surface area (Å²) in [6, 6.07) is 6.79. The molecule has 0 N–H and O–H groups in total. The van der Waals surface area contributed by atoms with Gasteiger partial charge in [-0.15, -0.1) is 0 Å². The first-order valence-electron chi connectivity index (χ1n) is 7.56. The van der Waals surface area contributed by atoms with Gasteiger partial charge in [-0.25, -0.2) is 17.6 Å². The van der Waals surface area contributed by atoms with E-state index in [4.69, 9.17) is 13.9 Å². The molecular formula is C17H16F4O3Si. The second kappa shape index (κ2) is 9.09. The highest BCUT2D eigenvalue weighted by Crippen LogP contribution is 2.27. The van der Waals surface area contributed by atoms with Gasteiger partial charge in [0.2, 0.25) is 0 Å². The van der Waals surface area contributed by atoms with Crippen molar-refractivity contribution in [1.82, 2.24) is 0 Å². The summed E-state index contributed by atoms with van der Waals surface area (Å²) in [7, 11) is -0.103. The molecule has 0 unspecified atom stereocenters. The second-order valence-electron chi connectivity index (χ2n) is 4.84. The van der Waals surface area contributed by atoms with Crippen LogP contribution in [-0.2, 0) is 13.9 Å². The van der Waals surface area contributed by atoms with Crippen LogP contribution >= 0.6 is 0 Å². The number of hydrogen-bond acceptors (Lipinski definition) is 3. The fraction of sp³-hybridized carbons (Fsp3) is 0.294. The van der Waals surface area contributed by atoms with Crippen LogP contribution in [0, 0.1) is 23.3 Å². The molecule has 0 aliphatic carbocycles. The van der Waals surface area contributed by atoms with Crippen molar-refractivity contribution in [3.05, 3.63) is 53.6 Å². The van der Waals surface area contributed by atoms with E-state index in [0.29, 0.717) is 19.3 Å². The fourth-order valence-electron chi connectivity index (χ4n) is 2.01. The van der Waals surface area contributed by atoms with E-state index in [9.17, 15) is 17.6 Å². The Balaban J connectivity index is 2.12. The Labute approximate surface area is 145 Å². The minimum absolute atomic E-state index is 0.103. The zero-order valence-corrected chi connectivity index (χ0v) is 14.6. The Kier molecular flexibility index (Phi) is 7.12. The molecule has 0 fully saturated rings. The lowest BCUT2D eigenvalue weighted by molar-refractivity contribution is -0.242. The Morgan fingerprint density at radius 1 is 0.880 bits per heavy atom. The van der Waals surface area contributed by atoms with E-state index in [0.717, 1.165) is 5.19 Å². The van der Waals surface area contributed by atoms with Crippen LogP contribution in [0.4, 0.5) is 17.6 Å². The summed E-state index contributed by atoms with van der Waals surface area (Å²) in [5.41, 5.74) is -0.135. The molecule has 0 heterocycles. The molecule has 0 aliphatic heterocycles. The molecule has 3 nitrogen and oxygen atoms in total. The van der Waals surface area contributed by atoms with Crippen molar-refractivity contribution in [2.24, 2.45) is 0 Å². The average Bonchev–Trinajstić information content (AvgIpc) is 2.62. The van der Waals surface area contributed by atoms with Gasteiger partial charge in [-0.3, -0.25) is 0 Å². The van der Waals surface area contributed by atoms with Gasteiger partial charge < -0.3 is 13.9 Å². The van der Waals surface area contributed by atoms with Crippen LogP contribution < -0.4 is 5.19 Å². The highest BCUT2D eigenvalue weighted by molar-refractivity contribution is 6.46. The molecular weight excluding hydrogens is 356 g/mol. The molecule has 0 spiro atoms. The first-order valence-corrected chi connectivity index (χ1v) is 8.47. The molecule has 0 bridgehead atoms. The minimum atomic E-state index is -1.83. The third-order valence-corrected chi connectivity index (χ3v) is 4.06. The molecule has 0 amide bonds. The number of hydrogen-bond donors (Lipinski definition) is 0. The van der Waals surface area contributed by atoms with E-state index in [1.807, 2.05) is 13.8 Å². The van der Waals surface area contributed by atoms with Gasteiger partial charge in [0.05, 0.1) is 0 Å². The van der Waals surface area contributed by atoms with Gasteiger partial charge in [0.25, 0.3) is 16.2 Å². The molecule has 8 heteroatoms. The van der Waals surface area contributed by atoms with Gasteiger partial charge in [-0.1, -0.05) is 24.3 Å². The van der Waals surface area contributed by atoms with Crippen LogP contribution in [0.25, 0.3) is 11.1 Å². The topological polar surface area (TPSA) is 27.7 Å². The van der Waals surface area contributed by atoms with E-state index in [-0.39, 0.29) is 20.9 Å². The van der Waals surface area contributed by atoms with Crippen molar-refractivity contribution >= 4 is 14.9 Å². The first-order chi connectivity index (χ1) is 12.0. The van der Waals surface area contributed by atoms with E-state index < -0.39 is 29.7 Å². The third kappa shape index (κ3) is 4.88. The van der Waals surface area contributed by atoms with Crippen LogP contribution in [0.2, 0.25) is 0 Å².